The zero-order chi connectivity index (χ0) is 23.1. The lowest BCUT2D eigenvalue weighted by molar-refractivity contribution is -0.197. The largest absolute Gasteiger partial charge is 0.481 e. The molecule has 0 amide bonds. The topological polar surface area (TPSA) is 65.0 Å². The molecule has 5 nitrogen and oxygen atoms in total. The Hall–Kier alpha value is -0.403. The molecule has 0 spiro atoms. The van der Waals surface area contributed by atoms with Gasteiger partial charge in [0.15, 0.2) is 14.6 Å². The van der Waals surface area contributed by atoms with E-state index in [2.05, 4.69) is 46.0 Å². The Kier molecular flexibility index (Phi) is 10.5. The van der Waals surface area contributed by atoms with Crippen LogP contribution in [0.1, 0.15) is 72.1 Å². The number of hydrogen-bond acceptors (Lipinski definition) is 4. The first kappa shape index (κ1) is 26.8. The number of carbonyl (C=O) groups is 1. The van der Waals surface area contributed by atoms with Gasteiger partial charge in [0.2, 0.25) is 0 Å². The van der Waals surface area contributed by atoms with Crippen LogP contribution in [-0.4, -0.2) is 50.4 Å². The lowest BCUT2D eigenvalue weighted by Crippen LogP contribution is -2.44. The average molecular weight is 475 g/mol. The van der Waals surface area contributed by atoms with Gasteiger partial charge in [-0.1, -0.05) is 32.9 Å². The fourth-order valence-corrected chi connectivity index (χ4v) is 5.61. The highest BCUT2D eigenvalue weighted by molar-refractivity contribution is 6.74. The van der Waals surface area contributed by atoms with Crippen molar-refractivity contribution in [3.8, 4) is 0 Å². The number of aliphatic carboxylic acids is 1. The molecule has 1 saturated carbocycles. The molecule has 1 heterocycles. The maximum absolute atomic E-state index is 10.7. The van der Waals surface area contributed by atoms with Crippen LogP contribution in [0.4, 0.5) is 0 Å². The predicted octanol–water partition coefficient (Wildman–Crippen LogP) is 6.36. The van der Waals surface area contributed by atoms with E-state index in [4.69, 9.17) is 30.6 Å². The van der Waals surface area contributed by atoms with Gasteiger partial charge in [0.05, 0.1) is 6.10 Å². The molecular formula is C24H43ClO5Si. The van der Waals surface area contributed by atoms with Crippen molar-refractivity contribution in [2.45, 2.75) is 108 Å². The molecule has 1 aliphatic carbocycles. The first-order chi connectivity index (χ1) is 14.5. The van der Waals surface area contributed by atoms with Crippen LogP contribution < -0.4 is 0 Å². The Bertz CT molecular complexity index is 583. The van der Waals surface area contributed by atoms with Crippen molar-refractivity contribution in [1.29, 1.82) is 0 Å². The second kappa shape index (κ2) is 12.2. The SMILES string of the molecule is CC(C)(C)[Si](C)(C)OC[C@@H]1[C@@H](CC=CCCCC(=O)O)[C@H](Cl)C[C@H]1OC1CCCCO1. The van der Waals surface area contributed by atoms with Gasteiger partial charge >= 0.3 is 5.97 Å². The van der Waals surface area contributed by atoms with E-state index in [9.17, 15) is 4.79 Å². The van der Waals surface area contributed by atoms with Gasteiger partial charge in [-0.3, -0.25) is 4.79 Å². The summed E-state index contributed by atoms with van der Waals surface area (Å²) in [7, 11) is -1.87. The monoisotopic (exact) mass is 474 g/mol. The van der Waals surface area contributed by atoms with Crippen LogP contribution in [0.2, 0.25) is 18.1 Å². The van der Waals surface area contributed by atoms with Crippen molar-refractivity contribution in [3.63, 3.8) is 0 Å². The van der Waals surface area contributed by atoms with Gasteiger partial charge in [0, 0.05) is 30.9 Å². The van der Waals surface area contributed by atoms with Gasteiger partial charge in [-0.15, -0.1) is 11.6 Å². The van der Waals surface area contributed by atoms with E-state index in [0.717, 1.165) is 45.1 Å². The van der Waals surface area contributed by atoms with Crippen LogP contribution in [-0.2, 0) is 18.7 Å². The molecule has 0 radical (unpaired) electrons. The molecule has 1 aliphatic heterocycles. The van der Waals surface area contributed by atoms with Crippen LogP contribution in [0.5, 0.6) is 0 Å². The molecule has 180 valence electrons. The Morgan fingerprint density at radius 3 is 2.58 bits per heavy atom. The van der Waals surface area contributed by atoms with E-state index >= 15 is 0 Å². The van der Waals surface area contributed by atoms with Gasteiger partial charge < -0.3 is 19.0 Å². The summed E-state index contributed by atoms with van der Waals surface area (Å²) < 4.78 is 18.9. The Balaban J connectivity index is 2.01. The summed E-state index contributed by atoms with van der Waals surface area (Å²) >= 11 is 6.83. The van der Waals surface area contributed by atoms with Gasteiger partial charge in [-0.05, 0) is 69.0 Å². The van der Waals surface area contributed by atoms with Crippen LogP contribution in [0.25, 0.3) is 0 Å². The van der Waals surface area contributed by atoms with Crippen LogP contribution in [0.15, 0.2) is 12.2 Å². The molecule has 5 atom stereocenters. The van der Waals surface area contributed by atoms with E-state index < -0.39 is 14.3 Å². The Labute approximate surface area is 195 Å². The minimum absolute atomic E-state index is 0.0466. The summed E-state index contributed by atoms with van der Waals surface area (Å²) in [6, 6.07) is 0. The Morgan fingerprint density at radius 1 is 1.23 bits per heavy atom. The maximum atomic E-state index is 10.7. The molecule has 1 unspecified atom stereocenters. The summed E-state index contributed by atoms with van der Waals surface area (Å²) in [5.41, 5.74) is 0. The lowest BCUT2D eigenvalue weighted by atomic mass is 9.92. The van der Waals surface area contributed by atoms with Gasteiger partial charge in [-0.2, -0.15) is 0 Å². The number of unbranched alkanes of at least 4 members (excludes halogenated alkanes) is 1. The standard InChI is InChI=1S/C24H43ClO5Si/c1-24(2,3)31(4,5)29-17-19-18(12-8-6-7-9-13-22(26)27)20(25)16-21(19)30-23-14-10-11-15-28-23/h6,8,18-21,23H,7,9-17H2,1-5H3,(H,26,27)/t18-,19-,20-,21-,23?/m1/s1. The minimum atomic E-state index is -1.87. The molecule has 0 bridgehead atoms. The molecule has 0 aromatic carbocycles. The predicted molar refractivity (Wildman–Crippen MR) is 128 cm³/mol. The van der Waals surface area contributed by atoms with E-state index in [0.29, 0.717) is 13.0 Å². The molecule has 1 saturated heterocycles. The second-order valence-corrected chi connectivity index (χ2v) is 16.0. The summed E-state index contributed by atoms with van der Waals surface area (Å²) in [5, 5.41) is 8.99. The number of halogens is 1. The molecule has 7 heteroatoms. The summed E-state index contributed by atoms with van der Waals surface area (Å²) in [4.78, 5) is 10.7. The van der Waals surface area contributed by atoms with Gasteiger partial charge in [-0.25, -0.2) is 0 Å². The van der Waals surface area contributed by atoms with E-state index in [1.165, 1.54) is 0 Å². The molecule has 0 aromatic heterocycles. The smallest absolute Gasteiger partial charge is 0.303 e. The second-order valence-electron chi connectivity index (χ2n) is 10.6. The summed E-state index contributed by atoms with van der Waals surface area (Å²) in [5.74, 6) is -0.209. The van der Waals surface area contributed by atoms with E-state index in [1.807, 2.05) is 0 Å². The number of allylic oxidation sites excluding steroid dienone is 2. The maximum Gasteiger partial charge on any atom is 0.303 e. The van der Waals surface area contributed by atoms with Gasteiger partial charge in [0.25, 0.3) is 0 Å². The third-order valence-electron chi connectivity index (χ3n) is 7.19. The third-order valence-corrected chi connectivity index (χ3v) is 12.2. The zero-order valence-corrected chi connectivity index (χ0v) is 21.8. The molecule has 1 N–H and O–H groups in total. The lowest BCUT2D eigenvalue weighted by Gasteiger charge is -2.38. The molecular weight excluding hydrogens is 432 g/mol. The highest BCUT2D eigenvalue weighted by Gasteiger charge is 2.46. The first-order valence-corrected chi connectivity index (χ1v) is 15.3. The molecule has 2 aliphatic rings. The number of carboxylic acids is 1. The summed E-state index contributed by atoms with van der Waals surface area (Å²) in [6.45, 7) is 12.8. The van der Waals surface area contributed by atoms with Crippen molar-refractivity contribution in [3.05, 3.63) is 12.2 Å². The normalized spacial score (nSPS) is 30.2. The number of rotatable bonds is 11. The van der Waals surface area contributed by atoms with Crippen LogP contribution in [0.3, 0.4) is 0 Å². The molecule has 2 rings (SSSR count). The summed E-state index contributed by atoms with van der Waals surface area (Å²) in [6.07, 6.45) is 10.8. The van der Waals surface area contributed by atoms with Crippen LogP contribution in [0, 0.1) is 11.8 Å². The highest BCUT2D eigenvalue weighted by atomic mass is 35.5. The van der Waals surface area contributed by atoms with Crippen molar-refractivity contribution in [1.82, 2.24) is 0 Å². The molecule has 2 fully saturated rings. The Morgan fingerprint density at radius 2 is 1.97 bits per heavy atom. The number of hydrogen-bond donors (Lipinski definition) is 1. The van der Waals surface area contributed by atoms with Crippen molar-refractivity contribution < 1.29 is 23.8 Å². The van der Waals surface area contributed by atoms with Crippen molar-refractivity contribution >= 4 is 25.9 Å². The fraction of sp³-hybridized carbons (Fsp3) is 0.875. The fourth-order valence-electron chi connectivity index (χ4n) is 4.10. The quantitative estimate of drug-likeness (QED) is 0.163. The number of alkyl halides is 1. The third kappa shape index (κ3) is 8.47. The minimum Gasteiger partial charge on any atom is -0.481 e. The average Bonchev–Trinajstić information content (AvgIpc) is 2.97. The molecule has 31 heavy (non-hydrogen) atoms. The highest BCUT2D eigenvalue weighted by Crippen LogP contribution is 2.43. The van der Waals surface area contributed by atoms with Gasteiger partial charge in [0.1, 0.15) is 0 Å². The number of ether oxygens (including phenoxy) is 2. The first-order valence-electron chi connectivity index (χ1n) is 11.9. The van der Waals surface area contributed by atoms with Crippen molar-refractivity contribution in [2.24, 2.45) is 11.8 Å². The van der Waals surface area contributed by atoms with Crippen molar-refractivity contribution in [2.75, 3.05) is 13.2 Å². The van der Waals surface area contributed by atoms with E-state index in [1.54, 1.807) is 0 Å². The zero-order valence-electron chi connectivity index (χ0n) is 20.1. The molecule has 0 aromatic rings. The number of carboxylic acid groups (broad SMARTS) is 1. The van der Waals surface area contributed by atoms with E-state index in [-0.39, 0.29) is 41.1 Å². The van der Waals surface area contributed by atoms with Crippen LogP contribution >= 0.6 is 11.6 Å².